The maximum Gasteiger partial charge on any atom is 0.188 e. The molecular weight excluding hydrogens is 331 g/mol. The van der Waals surface area contributed by atoms with E-state index in [0.717, 1.165) is 11.3 Å². The van der Waals surface area contributed by atoms with Gasteiger partial charge in [0.15, 0.2) is 6.79 Å². The first-order chi connectivity index (χ1) is 12.3. The molecule has 3 aromatic rings. The third kappa shape index (κ3) is 4.79. The summed E-state index contributed by atoms with van der Waals surface area (Å²) in [6, 6.07) is 18.5. The molecular formula is C20H21N2O2P. The van der Waals surface area contributed by atoms with E-state index in [1.807, 2.05) is 42.9 Å². The minimum absolute atomic E-state index is 0.247. The summed E-state index contributed by atoms with van der Waals surface area (Å²) in [6.07, 6.45) is 5.73. The van der Waals surface area contributed by atoms with Crippen LogP contribution in [0.15, 0.2) is 72.1 Å². The lowest BCUT2D eigenvalue weighted by molar-refractivity contribution is 0.0519. The number of benzene rings is 2. The molecule has 0 aliphatic carbocycles. The highest BCUT2D eigenvalue weighted by molar-refractivity contribution is 7.56. The molecule has 25 heavy (non-hydrogen) atoms. The van der Waals surface area contributed by atoms with Gasteiger partial charge in [-0.25, -0.2) is 4.68 Å². The molecule has 1 heterocycles. The third-order valence-corrected chi connectivity index (χ3v) is 5.00. The molecule has 0 saturated carbocycles. The number of hydrogen-bond donors (Lipinski definition) is 0. The van der Waals surface area contributed by atoms with E-state index in [1.165, 1.54) is 16.2 Å². The maximum atomic E-state index is 5.72. The van der Waals surface area contributed by atoms with Crippen molar-refractivity contribution in [1.29, 1.82) is 0 Å². The van der Waals surface area contributed by atoms with Crippen LogP contribution in [0, 0.1) is 6.92 Å². The van der Waals surface area contributed by atoms with Crippen LogP contribution in [0.25, 0.3) is 0 Å². The van der Waals surface area contributed by atoms with Gasteiger partial charge in [0.1, 0.15) is 5.75 Å². The summed E-state index contributed by atoms with van der Waals surface area (Å²) in [6.45, 7) is 2.34. The van der Waals surface area contributed by atoms with Crippen molar-refractivity contribution in [2.45, 2.75) is 6.92 Å². The Balaban J connectivity index is 1.87. The fourth-order valence-electron chi connectivity index (χ4n) is 2.39. The van der Waals surface area contributed by atoms with E-state index >= 15 is 0 Å². The van der Waals surface area contributed by atoms with Crippen LogP contribution >= 0.6 is 8.58 Å². The monoisotopic (exact) mass is 352 g/mol. The molecule has 3 rings (SSSR count). The van der Waals surface area contributed by atoms with E-state index < -0.39 is 0 Å². The number of rotatable bonds is 7. The second kappa shape index (κ2) is 8.61. The van der Waals surface area contributed by atoms with Gasteiger partial charge in [-0.05, 0) is 36.5 Å². The quantitative estimate of drug-likeness (QED) is 0.372. The van der Waals surface area contributed by atoms with E-state index in [9.17, 15) is 0 Å². The molecule has 0 spiro atoms. The van der Waals surface area contributed by atoms with Gasteiger partial charge in [-0.2, -0.15) is 5.10 Å². The van der Waals surface area contributed by atoms with Crippen LogP contribution in [0.2, 0.25) is 0 Å². The van der Waals surface area contributed by atoms with Crippen LogP contribution in [0.4, 0.5) is 0 Å². The van der Waals surface area contributed by atoms with E-state index in [4.69, 9.17) is 9.47 Å². The molecule has 0 fully saturated rings. The number of aromatic nitrogens is 1. The minimum Gasteiger partial charge on any atom is -0.467 e. The summed E-state index contributed by atoms with van der Waals surface area (Å²) >= 11 is 0. The van der Waals surface area contributed by atoms with Crippen molar-refractivity contribution in [3.63, 3.8) is 0 Å². The Labute approximate surface area is 149 Å². The Morgan fingerprint density at radius 2 is 1.84 bits per heavy atom. The molecule has 0 aliphatic rings. The minimum atomic E-state index is 0.247. The van der Waals surface area contributed by atoms with E-state index in [0.29, 0.717) is 8.58 Å². The summed E-state index contributed by atoms with van der Waals surface area (Å²) in [7, 11) is 2.10. The van der Waals surface area contributed by atoms with Crippen molar-refractivity contribution in [3.8, 4) is 5.75 Å². The molecule has 128 valence electrons. The zero-order valence-corrected chi connectivity index (χ0v) is 15.3. The lowest BCUT2D eigenvalue weighted by atomic mass is 10.2. The van der Waals surface area contributed by atoms with Crippen LogP contribution in [0.3, 0.4) is 0 Å². The summed E-state index contributed by atoms with van der Waals surface area (Å²) in [5, 5.41) is 6.87. The Morgan fingerprint density at radius 3 is 2.64 bits per heavy atom. The summed E-state index contributed by atoms with van der Waals surface area (Å²) in [5.41, 5.74) is 2.32. The molecule has 0 saturated heterocycles. The zero-order chi connectivity index (χ0) is 17.5. The lowest BCUT2D eigenvalue weighted by Crippen LogP contribution is -2.13. The number of aryl methyl sites for hydroxylation is 1. The van der Waals surface area contributed by atoms with Gasteiger partial charge in [-0.1, -0.05) is 44.5 Å². The second-order valence-corrected chi connectivity index (χ2v) is 6.90. The first-order valence-corrected chi connectivity index (χ1v) is 9.02. The molecule has 0 aliphatic heterocycles. The van der Waals surface area contributed by atoms with Crippen molar-refractivity contribution >= 4 is 25.4 Å². The Morgan fingerprint density at radius 1 is 1.04 bits per heavy atom. The Hall–Kier alpha value is -2.42. The standard InChI is InChI=1S/C20H21N2O2P/c1-16-9-10-18(24-15-23-2)20(13-16)25-19-8-4-3-7-17(19)14-21-22-11-5-6-12-22/h3-14,25H,15H2,1-2H3/b21-14-. The highest BCUT2D eigenvalue weighted by atomic mass is 31.1. The smallest absolute Gasteiger partial charge is 0.188 e. The topological polar surface area (TPSA) is 35.8 Å². The average molecular weight is 352 g/mol. The molecule has 1 aromatic heterocycles. The molecule has 0 radical (unpaired) electrons. The number of nitrogens with zero attached hydrogens (tertiary/aromatic N) is 2. The Bertz CT molecular complexity index is 845. The van der Waals surface area contributed by atoms with E-state index in [2.05, 4.69) is 42.4 Å². The average Bonchev–Trinajstić information content (AvgIpc) is 3.14. The van der Waals surface area contributed by atoms with Crippen LogP contribution in [0.5, 0.6) is 5.75 Å². The normalized spacial score (nSPS) is 11.6. The first kappa shape index (κ1) is 17.4. The van der Waals surface area contributed by atoms with E-state index in [1.54, 1.807) is 11.8 Å². The van der Waals surface area contributed by atoms with Gasteiger partial charge >= 0.3 is 0 Å². The lowest BCUT2D eigenvalue weighted by Gasteiger charge is -2.13. The van der Waals surface area contributed by atoms with Gasteiger partial charge in [0.2, 0.25) is 0 Å². The molecule has 0 amide bonds. The van der Waals surface area contributed by atoms with Crippen LogP contribution in [-0.4, -0.2) is 24.8 Å². The molecule has 1 atom stereocenters. The van der Waals surface area contributed by atoms with Gasteiger partial charge in [0, 0.05) is 30.4 Å². The number of hydrogen-bond acceptors (Lipinski definition) is 3. The van der Waals surface area contributed by atoms with Crippen LogP contribution in [-0.2, 0) is 4.74 Å². The molecule has 2 aromatic carbocycles. The fourth-order valence-corrected chi connectivity index (χ4v) is 3.73. The zero-order valence-electron chi connectivity index (χ0n) is 14.3. The first-order valence-electron chi connectivity index (χ1n) is 8.02. The van der Waals surface area contributed by atoms with E-state index in [-0.39, 0.29) is 6.79 Å². The molecule has 4 nitrogen and oxygen atoms in total. The SMILES string of the molecule is COCOc1ccc(C)cc1Pc1ccccc1/C=N\n1cccc1. The molecule has 1 unspecified atom stereocenters. The van der Waals surface area contributed by atoms with Crippen molar-refractivity contribution in [2.24, 2.45) is 5.10 Å². The predicted molar refractivity (Wildman–Crippen MR) is 105 cm³/mol. The third-order valence-electron chi connectivity index (χ3n) is 3.62. The largest absolute Gasteiger partial charge is 0.467 e. The van der Waals surface area contributed by atoms with Crippen molar-refractivity contribution < 1.29 is 9.47 Å². The van der Waals surface area contributed by atoms with Crippen LogP contribution < -0.4 is 15.3 Å². The van der Waals surface area contributed by atoms with Crippen LogP contribution in [0.1, 0.15) is 11.1 Å². The summed E-state index contributed by atoms with van der Waals surface area (Å²) in [5.74, 6) is 0.864. The van der Waals surface area contributed by atoms with Gasteiger partial charge in [0.05, 0.1) is 6.21 Å². The highest BCUT2D eigenvalue weighted by Gasteiger charge is 2.08. The van der Waals surface area contributed by atoms with Gasteiger partial charge in [-0.15, -0.1) is 0 Å². The second-order valence-electron chi connectivity index (χ2n) is 5.57. The number of ether oxygens (including phenoxy) is 2. The highest BCUT2D eigenvalue weighted by Crippen LogP contribution is 2.22. The summed E-state index contributed by atoms with van der Waals surface area (Å²) < 4.78 is 12.6. The van der Waals surface area contributed by atoms with Gasteiger partial charge in [-0.3, -0.25) is 0 Å². The number of methoxy groups -OCH3 is 1. The molecule has 5 heteroatoms. The van der Waals surface area contributed by atoms with Crippen molar-refractivity contribution in [1.82, 2.24) is 4.68 Å². The summed E-state index contributed by atoms with van der Waals surface area (Å²) in [4.78, 5) is 0. The molecule has 0 bridgehead atoms. The maximum absolute atomic E-state index is 5.72. The molecule has 0 N–H and O–H groups in total. The fraction of sp³-hybridized carbons (Fsp3) is 0.150. The Kier molecular flexibility index (Phi) is 5.99. The predicted octanol–water partition coefficient (Wildman–Crippen LogP) is 3.29. The van der Waals surface area contributed by atoms with Crippen molar-refractivity contribution in [2.75, 3.05) is 13.9 Å². The van der Waals surface area contributed by atoms with Gasteiger partial charge < -0.3 is 9.47 Å². The van der Waals surface area contributed by atoms with Gasteiger partial charge in [0.25, 0.3) is 0 Å². The van der Waals surface area contributed by atoms with Crippen molar-refractivity contribution in [3.05, 3.63) is 78.1 Å².